The number of hydrogen-bond acceptors (Lipinski definition) is 3. The minimum Gasteiger partial charge on any atom is -0.447 e. The molecular formula is C8H13NO3. The van der Waals surface area contributed by atoms with Gasteiger partial charge >= 0.3 is 6.09 Å². The van der Waals surface area contributed by atoms with Crippen molar-refractivity contribution in [3.63, 3.8) is 0 Å². The maximum atomic E-state index is 11.0. The number of ether oxygens (including phenoxy) is 1. The summed E-state index contributed by atoms with van der Waals surface area (Å²) in [5, 5.41) is 0. The number of carbonyl (C=O) groups excluding carboxylic acids is 2. The Morgan fingerprint density at radius 1 is 1.67 bits per heavy atom. The van der Waals surface area contributed by atoms with E-state index in [0.717, 1.165) is 0 Å². The average Bonchev–Trinajstić information content (AvgIpc) is 2.30. The molecule has 1 atom stereocenters. The van der Waals surface area contributed by atoms with Crippen LogP contribution in [0.3, 0.4) is 0 Å². The van der Waals surface area contributed by atoms with E-state index in [1.165, 1.54) is 11.8 Å². The van der Waals surface area contributed by atoms with Gasteiger partial charge < -0.3 is 4.74 Å². The van der Waals surface area contributed by atoms with Crippen LogP contribution in [0.1, 0.15) is 20.8 Å². The molecule has 1 rings (SSSR count). The van der Waals surface area contributed by atoms with Gasteiger partial charge in [-0.2, -0.15) is 0 Å². The van der Waals surface area contributed by atoms with Gasteiger partial charge in [0.1, 0.15) is 6.61 Å². The number of nitrogens with zero attached hydrogens (tertiary/aromatic N) is 1. The fourth-order valence-corrected chi connectivity index (χ4v) is 1.29. The number of carbonyl (C=O) groups is 2. The summed E-state index contributed by atoms with van der Waals surface area (Å²) in [6, 6.07) is -0.0880. The molecule has 12 heavy (non-hydrogen) atoms. The summed E-state index contributed by atoms with van der Waals surface area (Å²) in [4.78, 5) is 23.2. The highest BCUT2D eigenvalue weighted by atomic mass is 16.6. The average molecular weight is 171 g/mol. The summed E-state index contributed by atoms with van der Waals surface area (Å²) in [7, 11) is 0. The third-order valence-electron chi connectivity index (χ3n) is 2.01. The Bertz CT molecular complexity index is 212. The van der Waals surface area contributed by atoms with E-state index in [0.29, 0.717) is 6.61 Å². The van der Waals surface area contributed by atoms with E-state index < -0.39 is 6.09 Å². The molecule has 1 unspecified atom stereocenters. The van der Waals surface area contributed by atoms with E-state index in [2.05, 4.69) is 0 Å². The summed E-state index contributed by atoms with van der Waals surface area (Å²) in [6.45, 7) is 5.63. The van der Waals surface area contributed by atoms with Crippen molar-refractivity contribution in [1.82, 2.24) is 4.90 Å². The molecule has 0 aliphatic carbocycles. The fraction of sp³-hybridized carbons (Fsp3) is 0.750. The lowest BCUT2D eigenvalue weighted by molar-refractivity contribution is -0.127. The topological polar surface area (TPSA) is 46.6 Å². The smallest absolute Gasteiger partial charge is 0.416 e. The summed E-state index contributed by atoms with van der Waals surface area (Å²) >= 11 is 0. The molecule has 4 nitrogen and oxygen atoms in total. The molecule has 4 heteroatoms. The molecule has 1 heterocycles. The number of cyclic esters (lactones) is 1. The Morgan fingerprint density at radius 2 is 2.25 bits per heavy atom. The van der Waals surface area contributed by atoms with Gasteiger partial charge in [-0.15, -0.1) is 0 Å². The second-order valence-corrected chi connectivity index (χ2v) is 3.28. The van der Waals surface area contributed by atoms with E-state index in [1.54, 1.807) is 0 Å². The first kappa shape index (κ1) is 9.03. The van der Waals surface area contributed by atoms with Gasteiger partial charge in [0, 0.05) is 6.92 Å². The van der Waals surface area contributed by atoms with Gasteiger partial charge in [-0.3, -0.25) is 4.79 Å². The Labute approximate surface area is 71.5 Å². The molecule has 0 saturated carbocycles. The summed E-state index contributed by atoms with van der Waals surface area (Å²) in [5.74, 6) is 0.0107. The Balaban J connectivity index is 2.77. The summed E-state index contributed by atoms with van der Waals surface area (Å²) < 4.78 is 4.77. The highest BCUT2D eigenvalue weighted by molar-refractivity contribution is 5.92. The highest BCUT2D eigenvalue weighted by Crippen LogP contribution is 2.19. The van der Waals surface area contributed by atoms with Gasteiger partial charge in [-0.25, -0.2) is 9.69 Å². The largest absolute Gasteiger partial charge is 0.447 e. The van der Waals surface area contributed by atoms with E-state index >= 15 is 0 Å². The van der Waals surface area contributed by atoms with Crippen LogP contribution in [0.15, 0.2) is 0 Å². The molecule has 0 aromatic carbocycles. The zero-order valence-electron chi connectivity index (χ0n) is 7.53. The van der Waals surface area contributed by atoms with E-state index in [9.17, 15) is 9.59 Å². The summed E-state index contributed by atoms with van der Waals surface area (Å²) in [5.41, 5.74) is 0. The van der Waals surface area contributed by atoms with Gasteiger partial charge in [0.25, 0.3) is 0 Å². The molecule has 0 N–H and O–H groups in total. The molecule has 1 saturated heterocycles. The first-order valence-electron chi connectivity index (χ1n) is 4.00. The monoisotopic (exact) mass is 171 g/mol. The maximum absolute atomic E-state index is 11.0. The molecule has 68 valence electrons. The Kier molecular flexibility index (Phi) is 2.35. The second-order valence-electron chi connectivity index (χ2n) is 3.28. The van der Waals surface area contributed by atoms with Crippen molar-refractivity contribution in [2.45, 2.75) is 26.8 Å². The zero-order chi connectivity index (χ0) is 9.30. The molecular weight excluding hydrogens is 158 g/mol. The number of hydrogen-bond donors (Lipinski definition) is 0. The van der Waals surface area contributed by atoms with Gasteiger partial charge in [0.2, 0.25) is 5.91 Å². The Morgan fingerprint density at radius 3 is 2.58 bits per heavy atom. The minimum atomic E-state index is -0.513. The van der Waals surface area contributed by atoms with Gasteiger partial charge in [0.15, 0.2) is 0 Å². The molecule has 0 radical (unpaired) electrons. The number of rotatable bonds is 1. The lowest BCUT2D eigenvalue weighted by Gasteiger charge is -2.20. The zero-order valence-corrected chi connectivity index (χ0v) is 7.53. The van der Waals surface area contributed by atoms with Crippen LogP contribution in [0.2, 0.25) is 0 Å². The molecule has 1 aliphatic heterocycles. The van der Waals surface area contributed by atoms with Crippen LogP contribution in [0, 0.1) is 5.92 Å². The van der Waals surface area contributed by atoms with Crippen molar-refractivity contribution in [2.24, 2.45) is 5.92 Å². The molecule has 1 fully saturated rings. The number of imide groups is 1. The normalized spacial score (nSPS) is 23.2. The molecule has 0 aromatic rings. The minimum absolute atomic E-state index is 0.0880. The quantitative estimate of drug-likeness (QED) is 0.591. The predicted octanol–water partition coefficient (Wildman–Crippen LogP) is 1.01. The van der Waals surface area contributed by atoms with Crippen LogP contribution < -0.4 is 0 Å². The lowest BCUT2D eigenvalue weighted by atomic mass is 10.1. The molecule has 2 amide bonds. The molecule has 1 aliphatic rings. The van der Waals surface area contributed by atoms with Crippen LogP contribution in [0.25, 0.3) is 0 Å². The first-order chi connectivity index (χ1) is 5.54. The van der Waals surface area contributed by atoms with Crippen LogP contribution in [-0.2, 0) is 9.53 Å². The third kappa shape index (κ3) is 1.42. The standard InChI is InChI=1S/C8H13NO3/c1-5(2)7-4-12-8(11)9(7)6(3)10/h5,7H,4H2,1-3H3. The second kappa shape index (κ2) is 3.13. The van der Waals surface area contributed by atoms with Crippen LogP contribution in [0.5, 0.6) is 0 Å². The van der Waals surface area contributed by atoms with E-state index in [1.807, 2.05) is 13.8 Å². The van der Waals surface area contributed by atoms with Crippen molar-refractivity contribution in [1.29, 1.82) is 0 Å². The lowest BCUT2D eigenvalue weighted by Crippen LogP contribution is -2.40. The highest BCUT2D eigenvalue weighted by Gasteiger charge is 2.37. The van der Waals surface area contributed by atoms with Gasteiger partial charge in [-0.1, -0.05) is 13.8 Å². The van der Waals surface area contributed by atoms with Crippen LogP contribution in [0.4, 0.5) is 4.79 Å². The molecule has 0 spiro atoms. The van der Waals surface area contributed by atoms with E-state index in [-0.39, 0.29) is 17.9 Å². The van der Waals surface area contributed by atoms with Crippen molar-refractivity contribution < 1.29 is 14.3 Å². The first-order valence-corrected chi connectivity index (χ1v) is 4.00. The Hall–Kier alpha value is -1.06. The maximum Gasteiger partial charge on any atom is 0.416 e. The van der Waals surface area contributed by atoms with Crippen LogP contribution >= 0.6 is 0 Å². The van der Waals surface area contributed by atoms with Crippen molar-refractivity contribution in [2.75, 3.05) is 6.61 Å². The van der Waals surface area contributed by atoms with Gasteiger partial charge in [0.05, 0.1) is 6.04 Å². The number of amides is 2. The third-order valence-corrected chi connectivity index (χ3v) is 2.01. The SMILES string of the molecule is CC(=O)N1C(=O)OCC1C(C)C. The molecule has 0 aromatic heterocycles. The van der Waals surface area contributed by atoms with Crippen molar-refractivity contribution in [3.8, 4) is 0 Å². The van der Waals surface area contributed by atoms with Gasteiger partial charge in [-0.05, 0) is 5.92 Å². The van der Waals surface area contributed by atoms with E-state index in [4.69, 9.17) is 4.74 Å². The van der Waals surface area contributed by atoms with Crippen molar-refractivity contribution in [3.05, 3.63) is 0 Å². The van der Waals surface area contributed by atoms with Crippen LogP contribution in [-0.4, -0.2) is 29.5 Å². The fourth-order valence-electron chi connectivity index (χ4n) is 1.29. The van der Waals surface area contributed by atoms with Crippen molar-refractivity contribution >= 4 is 12.0 Å². The predicted molar refractivity (Wildman–Crippen MR) is 42.5 cm³/mol. The summed E-state index contributed by atoms with van der Waals surface area (Å²) in [6.07, 6.45) is -0.513. The molecule has 0 bridgehead atoms.